The molecule has 0 aromatic heterocycles. The number of amides is 3. The molecule has 5 saturated heterocycles. The van der Waals surface area contributed by atoms with Crippen molar-refractivity contribution in [3.8, 4) is 6.07 Å². The number of carbonyl (C=O) groups is 2. The standard InChI is InChI=1S/C31H49FN10O2/c1-5-25(43)40-16-19(4)39(17-22(40)10-12-33)28-23-14-24(32)30-36-29(23)41(31(44)37-28)27-20(11-13-34-26(27)18(2)3)8-6-7-9-21-15-35-38-42(21)30/h5,15,18-20,22-24,26-30,34-36,38H,1,6-11,13-14,16-17H2,2-4H3,(H,37,44). The van der Waals surface area contributed by atoms with Crippen molar-refractivity contribution in [1.82, 2.24) is 46.6 Å². The van der Waals surface area contributed by atoms with Crippen LogP contribution in [0.15, 0.2) is 24.6 Å². The molecule has 12 nitrogen and oxygen atoms in total. The molecule has 0 spiro atoms. The summed E-state index contributed by atoms with van der Waals surface area (Å²) in [6, 6.07) is 1.72. The van der Waals surface area contributed by atoms with Crippen molar-refractivity contribution in [2.24, 2.45) is 17.8 Å². The lowest BCUT2D eigenvalue weighted by molar-refractivity contribution is -0.138. The zero-order valence-corrected chi connectivity index (χ0v) is 26.2. The average Bonchev–Trinajstić information content (AvgIpc) is 3.47. The second-order valence-electron chi connectivity index (χ2n) is 13.8. The monoisotopic (exact) mass is 612 g/mol. The van der Waals surface area contributed by atoms with Crippen molar-refractivity contribution in [2.45, 2.75) is 115 Å². The molecular formula is C31H49FN10O2. The van der Waals surface area contributed by atoms with E-state index in [1.54, 1.807) is 4.90 Å². The topological polar surface area (TPSA) is 131 Å². The number of halogens is 1. The zero-order valence-electron chi connectivity index (χ0n) is 26.2. The first-order chi connectivity index (χ1) is 21.2. The van der Waals surface area contributed by atoms with Crippen LogP contribution >= 0.6 is 0 Å². The van der Waals surface area contributed by atoms with Gasteiger partial charge in [0.15, 0.2) is 0 Å². The highest BCUT2D eigenvalue weighted by molar-refractivity contribution is 5.87. The molecule has 0 aliphatic carbocycles. The number of piperidine rings is 2. The number of nitrogens with one attached hydrogen (secondary N) is 5. The van der Waals surface area contributed by atoms with E-state index in [4.69, 9.17) is 0 Å². The van der Waals surface area contributed by atoms with Crippen molar-refractivity contribution in [2.75, 3.05) is 19.6 Å². The molecule has 3 amide bonds. The van der Waals surface area contributed by atoms with Gasteiger partial charge in [-0.3, -0.25) is 20.0 Å². The van der Waals surface area contributed by atoms with Gasteiger partial charge in [-0.25, -0.2) is 9.18 Å². The van der Waals surface area contributed by atoms with Gasteiger partial charge in [-0.05, 0) is 63.5 Å². The van der Waals surface area contributed by atoms with Crippen LogP contribution in [0.5, 0.6) is 0 Å². The summed E-state index contributed by atoms with van der Waals surface area (Å²) in [6.45, 7) is 11.9. The van der Waals surface area contributed by atoms with Gasteiger partial charge in [-0.1, -0.05) is 26.8 Å². The molecule has 0 radical (unpaired) electrons. The van der Waals surface area contributed by atoms with E-state index in [2.05, 4.69) is 58.3 Å². The molecule has 5 N–H and O–H groups in total. The molecule has 0 aromatic carbocycles. The third-order valence-electron chi connectivity index (χ3n) is 10.9. The van der Waals surface area contributed by atoms with E-state index in [1.807, 2.05) is 23.0 Å². The second kappa shape index (κ2) is 12.8. The SMILES string of the molecule is C=CC(=O)N1CC(C)N(C2NC(=O)N3C4NC(C(F)CC24)N2NNC=C2CCCCC2CCNC(C(C)C)C23)CC1CC#N. The van der Waals surface area contributed by atoms with Gasteiger partial charge in [0.1, 0.15) is 12.3 Å². The summed E-state index contributed by atoms with van der Waals surface area (Å²) in [4.78, 5) is 33.1. The van der Waals surface area contributed by atoms with Crippen LogP contribution in [-0.4, -0.2) is 100 Å². The summed E-state index contributed by atoms with van der Waals surface area (Å²) in [5.41, 5.74) is 7.25. The highest BCUT2D eigenvalue weighted by atomic mass is 19.1. The van der Waals surface area contributed by atoms with Crippen LogP contribution in [0.4, 0.5) is 9.18 Å². The largest absolute Gasteiger partial charge is 0.332 e. The van der Waals surface area contributed by atoms with Crippen molar-refractivity contribution < 1.29 is 14.0 Å². The Kier molecular flexibility index (Phi) is 9.06. The van der Waals surface area contributed by atoms with Crippen molar-refractivity contribution in [3.05, 3.63) is 24.6 Å². The van der Waals surface area contributed by atoms with Gasteiger partial charge in [-0.15, -0.1) is 5.53 Å². The van der Waals surface area contributed by atoms with E-state index in [0.29, 0.717) is 24.9 Å². The lowest BCUT2D eigenvalue weighted by Gasteiger charge is -2.60. The van der Waals surface area contributed by atoms with E-state index in [9.17, 15) is 14.9 Å². The van der Waals surface area contributed by atoms with Crippen LogP contribution in [0.2, 0.25) is 0 Å². The van der Waals surface area contributed by atoms with Crippen LogP contribution in [0.1, 0.15) is 65.7 Å². The van der Waals surface area contributed by atoms with Crippen LogP contribution in [0.3, 0.4) is 0 Å². The number of hydrazine groups is 2. The van der Waals surface area contributed by atoms with Gasteiger partial charge in [0.05, 0.1) is 42.6 Å². The fraction of sp³-hybridized carbons (Fsp3) is 0.774. The van der Waals surface area contributed by atoms with E-state index >= 15 is 4.39 Å². The Morgan fingerprint density at radius 2 is 2.05 bits per heavy atom. The number of hydrogen-bond donors (Lipinski definition) is 5. The zero-order chi connectivity index (χ0) is 31.1. The molecule has 6 heterocycles. The van der Waals surface area contributed by atoms with Gasteiger partial charge in [0.2, 0.25) is 5.91 Å². The molecule has 5 fully saturated rings. The predicted octanol–water partition coefficient (Wildman–Crippen LogP) is 1.68. The maximum absolute atomic E-state index is 16.4. The quantitative estimate of drug-likeness (QED) is 0.301. The number of urea groups is 1. The van der Waals surface area contributed by atoms with Crippen molar-refractivity contribution in [3.63, 3.8) is 0 Å². The Labute approximate surface area is 260 Å². The molecule has 10 unspecified atom stereocenters. The Balaban J connectivity index is 1.38. The smallest absolute Gasteiger partial charge is 0.320 e. The number of hydrogen-bond acceptors (Lipinski definition) is 9. The Bertz CT molecular complexity index is 1180. The van der Waals surface area contributed by atoms with Crippen LogP contribution < -0.4 is 26.9 Å². The summed E-state index contributed by atoms with van der Waals surface area (Å²) >= 11 is 0. The fourth-order valence-corrected chi connectivity index (χ4v) is 8.79. The molecule has 6 aliphatic heterocycles. The number of carbonyl (C=O) groups excluding carboxylic acids is 2. The third kappa shape index (κ3) is 5.55. The third-order valence-corrected chi connectivity index (χ3v) is 10.9. The highest BCUT2D eigenvalue weighted by Gasteiger charge is 2.56. The van der Waals surface area contributed by atoms with Gasteiger partial charge in [0, 0.05) is 37.3 Å². The minimum atomic E-state index is -1.20. The first-order valence-electron chi connectivity index (χ1n) is 16.5. The number of alkyl halides is 1. The number of piperazine rings is 1. The maximum Gasteiger partial charge on any atom is 0.320 e. The number of fused-ring (bicyclic) bond motifs is 5. The summed E-state index contributed by atoms with van der Waals surface area (Å²) in [6.07, 6.45) is 5.86. The second-order valence-corrected chi connectivity index (χ2v) is 13.8. The summed E-state index contributed by atoms with van der Waals surface area (Å²) in [5, 5.41) is 22.2. The normalized spacial score (nSPS) is 39.5. The number of nitrogens with zero attached hydrogens (tertiary/aromatic N) is 5. The average molecular weight is 613 g/mol. The van der Waals surface area contributed by atoms with E-state index in [-0.39, 0.29) is 54.9 Å². The highest BCUT2D eigenvalue weighted by Crippen LogP contribution is 2.41. The summed E-state index contributed by atoms with van der Waals surface area (Å²) in [7, 11) is 0. The van der Waals surface area contributed by atoms with Crippen molar-refractivity contribution >= 4 is 11.9 Å². The first kappa shape index (κ1) is 31.1. The fourth-order valence-electron chi connectivity index (χ4n) is 8.79. The minimum Gasteiger partial charge on any atom is -0.332 e. The molecule has 6 rings (SSSR count). The van der Waals surface area contributed by atoms with Crippen LogP contribution in [-0.2, 0) is 4.79 Å². The van der Waals surface area contributed by atoms with E-state index in [1.165, 1.54) is 6.08 Å². The van der Waals surface area contributed by atoms with Crippen molar-refractivity contribution in [1.29, 1.82) is 5.26 Å². The van der Waals surface area contributed by atoms with E-state index in [0.717, 1.165) is 44.3 Å². The molecule has 6 aliphatic rings. The summed E-state index contributed by atoms with van der Waals surface area (Å²) in [5.74, 6) is 0.195. The van der Waals surface area contributed by atoms with Crippen LogP contribution in [0, 0.1) is 29.1 Å². The lowest BCUT2D eigenvalue weighted by atomic mass is 9.76. The summed E-state index contributed by atoms with van der Waals surface area (Å²) < 4.78 is 16.4. The molecule has 2 bridgehead atoms. The number of rotatable bonds is 4. The molecule has 44 heavy (non-hydrogen) atoms. The molecule has 0 aromatic rings. The first-order valence-corrected chi connectivity index (χ1v) is 16.5. The van der Waals surface area contributed by atoms with Crippen LogP contribution in [0.25, 0.3) is 0 Å². The molecule has 13 heteroatoms. The number of nitriles is 1. The van der Waals surface area contributed by atoms with E-state index < -0.39 is 24.7 Å². The Morgan fingerprint density at radius 1 is 1.23 bits per heavy atom. The van der Waals surface area contributed by atoms with Gasteiger partial charge < -0.3 is 25.9 Å². The Hall–Kier alpha value is -2.92. The van der Waals surface area contributed by atoms with Gasteiger partial charge in [-0.2, -0.15) is 5.26 Å². The minimum absolute atomic E-state index is 0.0357. The number of allylic oxidation sites excluding steroid dienone is 1. The molecule has 242 valence electrons. The van der Waals surface area contributed by atoms with Gasteiger partial charge in [0.25, 0.3) is 0 Å². The molecule has 10 atom stereocenters. The molecular weight excluding hydrogens is 563 g/mol. The lowest BCUT2D eigenvalue weighted by Crippen LogP contribution is -2.80. The Morgan fingerprint density at radius 3 is 2.80 bits per heavy atom. The maximum atomic E-state index is 16.4. The molecule has 0 saturated carbocycles. The predicted molar refractivity (Wildman–Crippen MR) is 163 cm³/mol. The van der Waals surface area contributed by atoms with Gasteiger partial charge >= 0.3 is 6.03 Å².